The van der Waals surface area contributed by atoms with E-state index in [1.165, 1.54) is 0 Å². The molecule has 2 heterocycles. The van der Waals surface area contributed by atoms with Crippen LogP contribution in [0.3, 0.4) is 0 Å². The maximum atomic E-state index is 11.6. The Balaban J connectivity index is 1.36. The third kappa shape index (κ3) is 4.63. The Morgan fingerprint density at radius 2 is 2.30 bits per heavy atom. The van der Waals surface area contributed by atoms with Gasteiger partial charge >= 0.3 is 6.16 Å². The van der Waals surface area contributed by atoms with Crippen molar-refractivity contribution in [1.82, 2.24) is 20.5 Å². The van der Waals surface area contributed by atoms with Crippen LogP contribution in [0.1, 0.15) is 6.42 Å². The van der Waals surface area contributed by atoms with Crippen LogP contribution < -0.4 is 10.2 Å². The molecule has 3 rings (SSSR count). The van der Waals surface area contributed by atoms with Crippen molar-refractivity contribution in [2.75, 3.05) is 18.9 Å². The molecule has 23 heavy (non-hydrogen) atoms. The molecule has 9 heteroatoms. The molecule has 0 saturated carbocycles. The molecule has 0 spiro atoms. The van der Waals surface area contributed by atoms with Crippen molar-refractivity contribution in [2.45, 2.75) is 11.8 Å². The quantitative estimate of drug-likeness (QED) is 0.279. The molecular formula is C14H16N4O3S2. The summed E-state index contributed by atoms with van der Waals surface area (Å²) in [5.74, 6) is 0.694. The number of nitrogens with one attached hydrogen (secondary N) is 1. The van der Waals surface area contributed by atoms with Crippen LogP contribution in [0.4, 0.5) is 4.79 Å². The minimum Gasteiger partial charge on any atom is -0.432 e. The third-order valence-electron chi connectivity index (χ3n) is 3.03. The molecule has 0 bridgehead atoms. The number of hydrogen-bond donors (Lipinski definition) is 1. The summed E-state index contributed by atoms with van der Waals surface area (Å²) in [5.41, 5.74) is 1.27. The van der Waals surface area contributed by atoms with E-state index in [1.807, 2.05) is 12.1 Å². The highest BCUT2D eigenvalue weighted by Crippen LogP contribution is 2.28. The Morgan fingerprint density at radius 1 is 1.39 bits per heavy atom. The molecule has 1 N–H and O–H groups in total. The third-order valence-corrected chi connectivity index (χ3v) is 5.70. The average Bonchev–Trinajstić information content (AvgIpc) is 2.99. The molecule has 1 aliphatic rings. The lowest BCUT2D eigenvalue weighted by Gasteiger charge is -2.17. The van der Waals surface area contributed by atoms with Crippen molar-refractivity contribution in [1.29, 1.82) is 0 Å². The van der Waals surface area contributed by atoms with Gasteiger partial charge in [-0.2, -0.15) is 0 Å². The van der Waals surface area contributed by atoms with Gasteiger partial charge in [-0.05, 0) is 23.8 Å². The molecule has 0 saturated heterocycles. The van der Waals surface area contributed by atoms with Crippen LogP contribution in [-0.4, -0.2) is 45.6 Å². The van der Waals surface area contributed by atoms with Gasteiger partial charge in [0.1, 0.15) is 17.6 Å². The summed E-state index contributed by atoms with van der Waals surface area (Å²) in [5, 5.41) is 11.4. The molecule has 1 aromatic carbocycles. The molecule has 1 unspecified atom stereocenters. The lowest BCUT2D eigenvalue weighted by atomic mass is 10.3. The van der Waals surface area contributed by atoms with E-state index in [-0.39, 0.29) is 6.61 Å². The molecule has 1 aromatic heterocycles. The van der Waals surface area contributed by atoms with E-state index in [2.05, 4.69) is 27.8 Å². The van der Waals surface area contributed by atoms with Crippen molar-refractivity contribution in [3.05, 3.63) is 36.4 Å². The Hall–Kier alpha value is -1.71. The number of fused-ring (bicyclic) bond motifs is 1. The number of hydrogen-bond acceptors (Lipinski definition) is 8. The van der Waals surface area contributed by atoms with Crippen LogP contribution in [0.5, 0.6) is 0 Å². The largest absolute Gasteiger partial charge is 0.535 e. The summed E-state index contributed by atoms with van der Waals surface area (Å²) >= 11 is 0. The Kier molecular flexibility index (Phi) is 5.78. The van der Waals surface area contributed by atoms with E-state index in [0.717, 1.165) is 17.8 Å². The summed E-state index contributed by atoms with van der Waals surface area (Å²) in [6, 6.07) is 7.21. The number of carbonyl (C=O) groups excluding carboxylic acids is 1. The molecular weight excluding hydrogens is 336 g/mol. The highest BCUT2D eigenvalue weighted by Gasteiger charge is 2.12. The summed E-state index contributed by atoms with van der Waals surface area (Å²) in [7, 11) is 3.42. The van der Waals surface area contributed by atoms with Crippen LogP contribution in [-0.2, 0) is 4.74 Å². The van der Waals surface area contributed by atoms with Gasteiger partial charge in [0.05, 0.1) is 5.37 Å². The highest BCUT2D eigenvalue weighted by atomic mass is 33.1. The van der Waals surface area contributed by atoms with Crippen molar-refractivity contribution in [2.24, 2.45) is 0 Å². The Morgan fingerprint density at radius 3 is 3.17 bits per heavy atom. The second-order valence-electron chi connectivity index (χ2n) is 4.66. The first-order chi connectivity index (χ1) is 11.3. The summed E-state index contributed by atoms with van der Waals surface area (Å²) < 4.78 is 5.04. The first-order valence-corrected chi connectivity index (χ1v) is 9.53. The zero-order valence-corrected chi connectivity index (χ0v) is 13.9. The second kappa shape index (κ2) is 8.23. The first kappa shape index (κ1) is 16.2. The Labute approximate surface area is 141 Å². The van der Waals surface area contributed by atoms with Crippen LogP contribution in [0.25, 0.3) is 11.0 Å². The summed E-state index contributed by atoms with van der Waals surface area (Å²) in [4.78, 5) is 17.7. The number of nitrogens with zero attached hydrogens (tertiary/aromatic N) is 3. The topological polar surface area (TPSA) is 78.3 Å². The number of carbonyl (C=O) groups is 1. The molecule has 1 aliphatic heterocycles. The molecule has 2 aromatic rings. The van der Waals surface area contributed by atoms with Gasteiger partial charge < -0.3 is 10.1 Å². The van der Waals surface area contributed by atoms with E-state index in [9.17, 15) is 4.79 Å². The minimum absolute atomic E-state index is 0.283. The fourth-order valence-corrected chi connectivity index (χ4v) is 4.15. The van der Waals surface area contributed by atoms with Gasteiger partial charge in [-0.15, -0.1) is 5.10 Å². The normalized spacial score (nSPS) is 17.3. The van der Waals surface area contributed by atoms with Crippen molar-refractivity contribution < 1.29 is 14.4 Å². The monoisotopic (exact) mass is 352 g/mol. The van der Waals surface area contributed by atoms with Crippen LogP contribution in [0.2, 0.25) is 0 Å². The molecule has 1 atom stereocenters. The van der Waals surface area contributed by atoms with Gasteiger partial charge in [-0.25, -0.2) is 4.79 Å². The van der Waals surface area contributed by atoms with Gasteiger partial charge in [0.2, 0.25) is 0 Å². The molecule has 122 valence electrons. The number of ether oxygens (including phenoxy) is 1. The van der Waals surface area contributed by atoms with Crippen molar-refractivity contribution in [3.63, 3.8) is 0 Å². The zero-order valence-electron chi connectivity index (χ0n) is 12.3. The standard InChI is InChI=1S/C14H16N4O3S2/c19-14(20-9-10-22-23-13-7-3-4-8-15-13)21-18-12-6-2-1-5-11(12)16-17-18/h1-6,13,15H,7-10H2. The molecule has 7 nitrogen and oxygen atoms in total. The molecule has 0 fully saturated rings. The summed E-state index contributed by atoms with van der Waals surface area (Å²) in [6.07, 6.45) is 4.52. The number of aromatic nitrogens is 3. The van der Waals surface area contributed by atoms with E-state index in [1.54, 1.807) is 33.7 Å². The van der Waals surface area contributed by atoms with Gasteiger partial charge in [-0.1, -0.05) is 50.7 Å². The van der Waals surface area contributed by atoms with E-state index in [0.29, 0.717) is 22.2 Å². The van der Waals surface area contributed by atoms with Crippen LogP contribution >= 0.6 is 21.6 Å². The lowest BCUT2D eigenvalue weighted by Crippen LogP contribution is -2.27. The highest BCUT2D eigenvalue weighted by molar-refractivity contribution is 8.76. The maximum Gasteiger partial charge on any atom is 0.535 e. The SMILES string of the molecule is O=C(OCCSSC1CC=CCN1)On1nnc2ccccc21. The lowest BCUT2D eigenvalue weighted by molar-refractivity contribution is 0.0434. The van der Waals surface area contributed by atoms with Crippen LogP contribution in [0.15, 0.2) is 36.4 Å². The minimum atomic E-state index is -0.787. The van der Waals surface area contributed by atoms with E-state index in [4.69, 9.17) is 9.57 Å². The smallest absolute Gasteiger partial charge is 0.432 e. The van der Waals surface area contributed by atoms with Crippen LogP contribution in [0, 0.1) is 0 Å². The fraction of sp³-hybridized carbons (Fsp3) is 0.357. The number of para-hydroxylation sites is 1. The van der Waals surface area contributed by atoms with Gasteiger partial charge in [0, 0.05) is 12.3 Å². The van der Waals surface area contributed by atoms with E-state index < -0.39 is 6.16 Å². The van der Waals surface area contributed by atoms with E-state index >= 15 is 0 Å². The predicted octanol–water partition coefficient (Wildman–Crippen LogP) is 2.25. The van der Waals surface area contributed by atoms with Gasteiger partial charge in [0.25, 0.3) is 0 Å². The van der Waals surface area contributed by atoms with Crippen molar-refractivity contribution in [3.8, 4) is 0 Å². The van der Waals surface area contributed by atoms with Gasteiger partial charge in [-0.3, -0.25) is 4.84 Å². The predicted molar refractivity (Wildman–Crippen MR) is 91.1 cm³/mol. The molecule has 0 aliphatic carbocycles. The van der Waals surface area contributed by atoms with Crippen molar-refractivity contribution >= 4 is 38.8 Å². The molecule has 0 amide bonds. The number of benzene rings is 1. The first-order valence-electron chi connectivity index (χ1n) is 7.15. The molecule has 0 radical (unpaired) electrons. The second-order valence-corrected chi connectivity index (χ2v) is 7.35. The summed E-state index contributed by atoms with van der Waals surface area (Å²) in [6.45, 7) is 1.19. The Bertz CT molecular complexity index is 691. The number of rotatable bonds is 6. The maximum absolute atomic E-state index is 11.6. The average molecular weight is 352 g/mol. The zero-order chi connectivity index (χ0) is 15.9. The van der Waals surface area contributed by atoms with Gasteiger partial charge in [0.15, 0.2) is 0 Å². The fourth-order valence-electron chi connectivity index (χ4n) is 1.96.